The van der Waals surface area contributed by atoms with Crippen molar-refractivity contribution in [3.63, 3.8) is 0 Å². The number of thiazole rings is 1. The molecule has 0 aromatic carbocycles. The summed E-state index contributed by atoms with van der Waals surface area (Å²) in [6, 6.07) is -0.163. The molecular formula is C13H21N3O2S. The monoisotopic (exact) mass is 283 g/mol. The first-order valence-electron chi connectivity index (χ1n) is 6.81. The topological polar surface area (TPSA) is 63.2 Å². The van der Waals surface area contributed by atoms with Crippen molar-refractivity contribution in [3.05, 3.63) is 16.6 Å². The van der Waals surface area contributed by atoms with Gasteiger partial charge in [-0.2, -0.15) is 0 Å². The first kappa shape index (κ1) is 14.3. The van der Waals surface area contributed by atoms with E-state index in [9.17, 15) is 4.79 Å². The van der Waals surface area contributed by atoms with E-state index in [1.807, 2.05) is 12.3 Å². The van der Waals surface area contributed by atoms with Crippen molar-refractivity contribution < 1.29 is 9.53 Å². The summed E-state index contributed by atoms with van der Waals surface area (Å²) in [5, 5.41) is 8.60. The Hall–Kier alpha value is -1.14. The van der Waals surface area contributed by atoms with Crippen LogP contribution in [0.3, 0.4) is 0 Å². The van der Waals surface area contributed by atoms with Crippen molar-refractivity contribution >= 4 is 17.4 Å². The number of amides is 2. The minimum Gasteiger partial charge on any atom is -0.379 e. The molecule has 2 amide bonds. The second kappa shape index (κ2) is 7.45. The second-order valence-corrected chi connectivity index (χ2v) is 5.68. The molecule has 1 saturated carbocycles. The molecule has 19 heavy (non-hydrogen) atoms. The highest BCUT2D eigenvalue weighted by atomic mass is 32.1. The van der Waals surface area contributed by atoms with Crippen LogP contribution in [0.4, 0.5) is 4.79 Å². The van der Waals surface area contributed by atoms with Crippen molar-refractivity contribution in [1.82, 2.24) is 15.6 Å². The van der Waals surface area contributed by atoms with Crippen LogP contribution in [0.2, 0.25) is 0 Å². The number of carbonyl (C=O) groups is 1. The van der Waals surface area contributed by atoms with Crippen LogP contribution in [0.5, 0.6) is 0 Å². The number of ether oxygens (including phenoxy) is 1. The predicted molar refractivity (Wildman–Crippen MR) is 75.2 cm³/mol. The molecule has 1 aliphatic carbocycles. The Morgan fingerprint density at radius 2 is 2.47 bits per heavy atom. The molecule has 1 heterocycles. The van der Waals surface area contributed by atoms with Crippen LogP contribution in [0.25, 0.3) is 0 Å². The van der Waals surface area contributed by atoms with E-state index < -0.39 is 0 Å². The molecule has 0 radical (unpaired) electrons. The number of urea groups is 1. The number of aromatic nitrogens is 1. The van der Waals surface area contributed by atoms with E-state index in [2.05, 4.69) is 15.6 Å². The molecule has 1 aromatic rings. The summed E-state index contributed by atoms with van der Waals surface area (Å²) in [5.74, 6) is 0.767. The van der Waals surface area contributed by atoms with Crippen molar-refractivity contribution in [2.45, 2.75) is 32.2 Å². The summed E-state index contributed by atoms with van der Waals surface area (Å²) in [7, 11) is 0. The molecule has 1 aliphatic rings. The van der Waals surface area contributed by atoms with Gasteiger partial charge in [0.1, 0.15) is 5.01 Å². The summed E-state index contributed by atoms with van der Waals surface area (Å²) < 4.78 is 5.46. The summed E-state index contributed by atoms with van der Waals surface area (Å²) in [5.41, 5.74) is 0. The fraction of sp³-hybridized carbons (Fsp3) is 0.692. The van der Waals surface area contributed by atoms with Gasteiger partial charge < -0.3 is 15.4 Å². The summed E-state index contributed by atoms with van der Waals surface area (Å²) in [6.45, 7) is 4.00. The SMILES string of the molecule is CCC(NC(=O)NCCOCC1CC1)c1nccs1. The van der Waals surface area contributed by atoms with E-state index in [1.54, 1.807) is 17.5 Å². The number of carbonyl (C=O) groups excluding carboxylic acids is 1. The van der Waals surface area contributed by atoms with E-state index in [-0.39, 0.29) is 12.1 Å². The van der Waals surface area contributed by atoms with Gasteiger partial charge in [0.05, 0.1) is 12.6 Å². The Bertz CT molecular complexity index is 379. The minimum atomic E-state index is -0.155. The Balaban J connectivity index is 1.59. The first-order valence-corrected chi connectivity index (χ1v) is 7.69. The number of nitrogens with one attached hydrogen (secondary N) is 2. The van der Waals surface area contributed by atoms with Crippen LogP contribution in [0, 0.1) is 5.92 Å². The van der Waals surface area contributed by atoms with Crippen molar-refractivity contribution in [2.24, 2.45) is 5.92 Å². The quantitative estimate of drug-likeness (QED) is 0.720. The molecule has 0 spiro atoms. The van der Waals surface area contributed by atoms with Gasteiger partial charge in [0.15, 0.2) is 0 Å². The minimum absolute atomic E-state index is 0.00705. The lowest BCUT2D eigenvalue weighted by Gasteiger charge is -2.15. The molecule has 0 bridgehead atoms. The summed E-state index contributed by atoms with van der Waals surface area (Å²) in [6.07, 6.45) is 5.17. The zero-order valence-electron chi connectivity index (χ0n) is 11.2. The third-order valence-corrected chi connectivity index (χ3v) is 3.93. The highest BCUT2D eigenvalue weighted by Gasteiger charge is 2.21. The van der Waals surface area contributed by atoms with Gasteiger partial charge in [0, 0.05) is 24.7 Å². The molecule has 0 aliphatic heterocycles. The largest absolute Gasteiger partial charge is 0.379 e. The number of nitrogens with zero attached hydrogens (tertiary/aromatic N) is 1. The highest BCUT2D eigenvalue weighted by Crippen LogP contribution is 2.28. The smallest absolute Gasteiger partial charge is 0.315 e. The van der Waals surface area contributed by atoms with Gasteiger partial charge in [-0.15, -0.1) is 11.3 Å². The summed E-state index contributed by atoms with van der Waals surface area (Å²) in [4.78, 5) is 15.9. The number of hydrogen-bond donors (Lipinski definition) is 2. The van der Waals surface area contributed by atoms with Crippen molar-refractivity contribution in [1.29, 1.82) is 0 Å². The van der Waals surface area contributed by atoms with E-state index >= 15 is 0 Å². The zero-order valence-corrected chi connectivity index (χ0v) is 12.0. The Kier molecular flexibility index (Phi) is 5.60. The molecule has 106 valence electrons. The standard InChI is InChI=1S/C13H21N3O2S/c1-2-11(12-14-6-8-19-12)16-13(17)15-5-7-18-9-10-3-4-10/h6,8,10-11H,2-5,7,9H2,1H3,(H2,15,16,17). The Morgan fingerprint density at radius 3 is 3.11 bits per heavy atom. The average Bonchev–Trinajstić information content (AvgIpc) is 3.07. The lowest BCUT2D eigenvalue weighted by atomic mass is 10.2. The number of hydrogen-bond acceptors (Lipinski definition) is 4. The third kappa shape index (κ3) is 5.16. The van der Waals surface area contributed by atoms with E-state index in [0.717, 1.165) is 24.0 Å². The maximum absolute atomic E-state index is 11.7. The molecule has 0 saturated heterocycles. The fourth-order valence-electron chi connectivity index (χ4n) is 1.73. The molecule has 1 unspecified atom stereocenters. The maximum atomic E-state index is 11.7. The Labute approximate surface area is 117 Å². The van der Waals surface area contributed by atoms with Gasteiger partial charge in [0.2, 0.25) is 0 Å². The van der Waals surface area contributed by atoms with Crippen LogP contribution < -0.4 is 10.6 Å². The van der Waals surface area contributed by atoms with Crippen molar-refractivity contribution in [2.75, 3.05) is 19.8 Å². The van der Waals surface area contributed by atoms with Gasteiger partial charge in [0.25, 0.3) is 0 Å². The molecule has 6 heteroatoms. The van der Waals surface area contributed by atoms with Gasteiger partial charge in [-0.25, -0.2) is 9.78 Å². The van der Waals surface area contributed by atoms with Crippen LogP contribution >= 0.6 is 11.3 Å². The lowest BCUT2D eigenvalue weighted by Crippen LogP contribution is -2.39. The van der Waals surface area contributed by atoms with Gasteiger partial charge in [-0.05, 0) is 25.2 Å². The number of rotatable bonds is 8. The third-order valence-electron chi connectivity index (χ3n) is 3.05. The second-order valence-electron chi connectivity index (χ2n) is 4.75. The molecule has 2 N–H and O–H groups in total. The predicted octanol–water partition coefficient (Wildman–Crippen LogP) is 2.32. The van der Waals surface area contributed by atoms with E-state index in [0.29, 0.717) is 13.2 Å². The van der Waals surface area contributed by atoms with Gasteiger partial charge >= 0.3 is 6.03 Å². The average molecular weight is 283 g/mol. The van der Waals surface area contributed by atoms with Crippen LogP contribution in [-0.4, -0.2) is 30.8 Å². The van der Waals surface area contributed by atoms with Gasteiger partial charge in [-0.3, -0.25) is 0 Å². The molecule has 1 fully saturated rings. The molecule has 5 nitrogen and oxygen atoms in total. The van der Waals surface area contributed by atoms with Crippen molar-refractivity contribution in [3.8, 4) is 0 Å². The maximum Gasteiger partial charge on any atom is 0.315 e. The van der Waals surface area contributed by atoms with E-state index in [1.165, 1.54) is 12.8 Å². The molecule has 1 aromatic heterocycles. The summed E-state index contributed by atoms with van der Waals surface area (Å²) >= 11 is 1.56. The molecule has 1 atom stereocenters. The van der Waals surface area contributed by atoms with Crippen LogP contribution in [0.1, 0.15) is 37.2 Å². The highest BCUT2D eigenvalue weighted by molar-refractivity contribution is 7.09. The lowest BCUT2D eigenvalue weighted by molar-refractivity contribution is 0.126. The molecule has 2 rings (SSSR count). The van der Waals surface area contributed by atoms with E-state index in [4.69, 9.17) is 4.74 Å². The van der Waals surface area contributed by atoms with Gasteiger partial charge in [-0.1, -0.05) is 6.92 Å². The zero-order chi connectivity index (χ0) is 13.5. The first-order chi connectivity index (χ1) is 9.29. The fourth-order valence-corrected chi connectivity index (χ4v) is 2.50. The molecular weight excluding hydrogens is 262 g/mol. The Morgan fingerprint density at radius 1 is 1.63 bits per heavy atom. The normalized spacial score (nSPS) is 16.1. The van der Waals surface area contributed by atoms with Crippen LogP contribution in [0.15, 0.2) is 11.6 Å². The van der Waals surface area contributed by atoms with Crippen LogP contribution in [-0.2, 0) is 4.74 Å².